The lowest BCUT2D eigenvalue weighted by atomic mass is 9.90. The Labute approximate surface area is 174 Å². The molecule has 4 heteroatoms. The lowest BCUT2D eigenvalue weighted by Crippen LogP contribution is -2.31. The van der Waals surface area contributed by atoms with E-state index in [4.69, 9.17) is 9.98 Å². The Bertz CT molecular complexity index is 752. The fraction of sp³-hybridized carbons (Fsp3) is 0.440. The zero-order chi connectivity index (χ0) is 19.7. The highest BCUT2D eigenvalue weighted by Gasteiger charge is 2.26. The molecule has 152 valence electrons. The van der Waals surface area contributed by atoms with E-state index in [2.05, 4.69) is 71.4 Å². The first-order chi connectivity index (χ1) is 14.4. The van der Waals surface area contributed by atoms with Crippen LogP contribution in [0.4, 0.5) is 0 Å². The number of aliphatic imine (C=N–C) groups is 2. The summed E-state index contributed by atoms with van der Waals surface area (Å²) < 4.78 is 0. The van der Waals surface area contributed by atoms with Crippen molar-refractivity contribution in [3.63, 3.8) is 0 Å². The van der Waals surface area contributed by atoms with Gasteiger partial charge in [-0.25, -0.2) is 0 Å². The second kappa shape index (κ2) is 10.2. The molecule has 3 aliphatic carbocycles. The Morgan fingerprint density at radius 2 is 1.10 bits per heavy atom. The minimum Gasteiger partial charge on any atom is -0.383 e. The van der Waals surface area contributed by atoms with Crippen LogP contribution in [0, 0.1) is 0 Å². The highest BCUT2D eigenvalue weighted by atomic mass is 15.0. The van der Waals surface area contributed by atoms with Gasteiger partial charge in [0.15, 0.2) is 0 Å². The van der Waals surface area contributed by atoms with E-state index in [1.807, 2.05) is 0 Å². The fourth-order valence-corrected chi connectivity index (χ4v) is 4.22. The zero-order valence-corrected chi connectivity index (χ0v) is 17.2. The maximum Gasteiger partial charge on any atom is 0.0810 e. The van der Waals surface area contributed by atoms with E-state index in [0.717, 1.165) is 61.6 Å². The van der Waals surface area contributed by atoms with E-state index in [9.17, 15) is 0 Å². The van der Waals surface area contributed by atoms with Crippen LogP contribution in [0.25, 0.3) is 0 Å². The van der Waals surface area contributed by atoms with E-state index in [1.165, 1.54) is 19.3 Å². The SMILES string of the molecule is C1=CC=C2NCCCCCNC3=CC=CC=CC3=N[C@@H]3CCCC[C@H]3N=C2C=C1. The molecule has 1 fully saturated rings. The lowest BCUT2D eigenvalue weighted by Gasteiger charge is -2.27. The molecule has 0 radical (unpaired) electrons. The summed E-state index contributed by atoms with van der Waals surface area (Å²) in [6.45, 7) is 1.97. The van der Waals surface area contributed by atoms with Crippen LogP contribution in [0.3, 0.4) is 0 Å². The Morgan fingerprint density at radius 3 is 1.62 bits per heavy atom. The predicted molar refractivity (Wildman–Crippen MR) is 123 cm³/mol. The van der Waals surface area contributed by atoms with Crippen molar-refractivity contribution in [1.29, 1.82) is 0 Å². The lowest BCUT2D eigenvalue weighted by molar-refractivity contribution is 0.389. The van der Waals surface area contributed by atoms with Gasteiger partial charge in [0.2, 0.25) is 0 Å². The average Bonchev–Trinajstić information content (AvgIpc) is 3.09. The summed E-state index contributed by atoms with van der Waals surface area (Å²) in [7, 11) is 0. The fourth-order valence-electron chi connectivity index (χ4n) is 4.22. The van der Waals surface area contributed by atoms with Gasteiger partial charge in [-0.15, -0.1) is 0 Å². The summed E-state index contributed by atoms with van der Waals surface area (Å²) in [5.74, 6) is 0. The van der Waals surface area contributed by atoms with Gasteiger partial charge in [-0.2, -0.15) is 0 Å². The number of nitrogens with one attached hydrogen (secondary N) is 2. The molecule has 0 aromatic heterocycles. The monoisotopic (exact) mass is 388 g/mol. The van der Waals surface area contributed by atoms with E-state index in [1.54, 1.807) is 0 Å². The normalized spacial score (nSPS) is 27.6. The van der Waals surface area contributed by atoms with Crippen molar-refractivity contribution in [2.24, 2.45) is 9.98 Å². The Morgan fingerprint density at radius 1 is 0.586 bits per heavy atom. The van der Waals surface area contributed by atoms with Crippen molar-refractivity contribution in [3.05, 3.63) is 72.2 Å². The maximum absolute atomic E-state index is 5.22. The molecule has 2 atom stereocenters. The standard InChI is InChI=1S/C25H32N4/c1-4-12-20-22(14-6-1)28-24-16-8-9-17-25(24)29-23-15-7-2-5-13-21(23)27-19-11-3-10-18-26-20/h1-2,4-7,12-15,24-27H,3,8-11,16-19H2/t24-,25-/m1/s1. The second-order valence-electron chi connectivity index (χ2n) is 8.01. The molecule has 0 aromatic rings. The molecule has 0 aromatic carbocycles. The smallest absolute Gasteiger partial charge is 0.0810 e. The molecule has 4 aliphatic rings. The molecule has 0 amide bonds. The highest BCUT2D eigenvalue weighted by molar-refractivity contribution is 6.09. The topological polar surface area (TPSA) is 48.8 Å². The molecular formula is C25H32N4. The first-order valence-electron chi connectivity index (χ1n) is 11.1. The van der Waals surface area contributed by atoms with E-state index >= 15 is 0 Å². The Hall–Kier alpha value is -2.62. The van der Waals surface area contributed by atoms with Crippen LogP contribution in [0.1, 0.15) is 44.9 Å². The van der Waals surface area contributed by atoms with Gasteiger partial charge >= 0.3 is 0 Å². The summed E-state index contributed by atoms with van der Waals surface area (Å²) in [5, 5.41) is 7.25. The molecule has 1 aliphatic heterocycles. The van der Waals surface area contributed by atoms with Gasteiger partial charge in [-0.05, 0) is 56.4 Å². The third-order valence-electron chi connectivity index (χ3n) is 5.82. The van der Waals surface area contributed by atoms with Gasteiger partial charge in [-0.1, -0.05) is 49.3 Å². The molecule has 29 heavy (non-hydrogen) atoms. The molecule has 0 spiro atoms. The molecule has 2 N–H and O–H groups in total. The molecule has 4 rings (SSSR count). The molecule has 4 nitrogen and oxygen atoms in total. The number of allylic oxidation sites excluding steroid dienone is 10. The second-order valence-corrected chi connectivity index (χ2v) is 8.01. The zero-order valence-electron chi connectivity index (χ0n) is 17.2. The van der Waals surface area contributed by atoms with E-state index < -0.39 is 0 Å². The van der Waals surface area contributed by atoms with Gasteiger partial charge in [0.1, 0.15) is 0 Å². The first kappa shape index (κ1) is 19.7. The van der Waals surface area contributed by atoms with Crippen LogP contribution < -0.4 is 10.6 Å². The minimum absolute atomic E-state index is 0.232. The van der Waals surface area contributed by atoms with E-state index in [-0.39, 0.29) is 12.1 Å². The number of rotatable bonds is 0. The van der Waals surface area contributed by atoms with Gasteiger partial charge in [0.05, 0.1) is 34.9 Å². The van der Waals surface area contributed by atoms with Crippen LogP contribution in [0.15, 0.2) is 82.1 Å². The summed E-state index contributed by atoms with van der Waals surface area (Å²) in [5.41, 5.74) is 4.40. The van der Waals surface area contributed by atoms with Crippen LogP contribution in [-0.4, -0.2) is 36.6 Å². The van der Waals surface area contributed by atoms with Crippen LogP contribution in [0.2, 0.25) is 0 Å². The van der Waals surface area contributed by atoms with Crippen molar-refractivity contribution in [3.8, 4) is 0 Å². The largest absolute Gasteiger partial charge is 0.383 e. The molecular weight excluding hydrogens is 356 g/mol. The minimum atomic E-state index is 0.232. The van der Waals surface area contributed by atoms with Crippen molar-refractivity contribution >= 4 is 11.4 Å². The van der Waals surface area contributed by atoms with Gasteiger partial charge in [0, 0.05) is 13.1 Å². The Kier molecular flexibility index (Phi) is 6.95. The molecule has 1 heterocycles. The maximum atomic E-state index is 5.22. The average molecular weight is 389 g/mol. The predicted octanol–water partition coefficient (Wildman–Crippen LogP) is 4.56. The summed E-state index contributed by atoms with van der Waals surface area (Å²) in [6, 6.07) is 0.463. The summed E-state index contributed by atoms with van der Waals surface area (Å²) in [4.78, 5) is 10.4. The van der Waals surface area contributed by atoms with Crippen LogP contribution >= 0.6 is 0 Å². The third kappa shape index (κ3) is 5.47. The van der Waals surface area contributed by atoms with Gasteiger partial charge in [0.25, 0.3) is 0 Å². The molecule has 0 unspecified atom stereocenters. The van der Waals surface area contributed by atoms with Crippen molar-refractivity contribution in [2.45, 2.75) is 57.0 Å². The molecule has 0 saturated heterocycles. The van der Waals surface area contributed by atoms with Crippen LogP contribution in [0.5, 0.6) is 0 Å². The molecule has 1 saturated carbocycles. The van der Waals surface area contributed by atoms with Gasteiger partial charge < -0.3 is 10.6 Å². The first-order valence-corrected chi connectivity index (χ1v) is 11.1. The third-order valence-corrected chi connectivity index (χ3v) is 5.82. The number of nitrogens with zero attached hydrogens (tertiary/aromatic N) is 2. The van der Waals surface area contributed by atoms with Crippen molar-refractivity contribution in [1.82, 2.24) is 10.6 Å². The number of hydrogen-bond donors (Lipinski definition) is 2. The van der Waals surface area contributed by atoms with Gasteiger partial charge in [-0.3, -0.25) is 9.98 Å². The summed E-state index contributed by atoms with van der Waals surface area (Å²) >= 11 is 0. The summed E-state index contributed by atoms with van der Waals surface area (Å²) in [6.07, 6.45) is 29.3. The van der Waals surface area contributed by atoms with Crippen LogP contribution in [-0.2, 0) is 0 Å². The highest BCUT2D eigenvalue weighted by Crippen LogP contribution is 2.26. The van der Waals surface area contributed by atoms with Crippen molar-refractivity contribution in [2.75, 3.05) is 13.1 Å². The number of fused-ring (bicyclic) bond motifs is 3. The number of hydrogen-bond acceptors (Lipinski definition) is 4. The Balaban J connectivity index is 1.68. The van der Waals surface area contributed by atoms with Crippen molar-refractivity contribution < 1.29 is 0 Å². The quantitative estimate of drug-likeness (QED) is 0.639. The van der Waals surface area contributed by atoms with E-state index in [0.29, 0.717) is 0 Å². The molecule has 0 bridgehead atoms.